The maximum atomic E-state index is 12.6. The summed E-state index contributed by atoms with van der Waals surface area (Å²) in [5.41, 5.74) is 1.46. The zero-order valence-electron chi connectivity index (χ0n) is 11.7. The van der Waals surface area contributed by atoms with Crippen molar-refractivity contribution in [2.45, 2.75) is 11.8 Å². The van der Waals surface area contributed by atoms with Crippen LogP contribution in [0.15, 0.2) is 44.4 Å². The Labute approximate surface area is 141 Å². The van der Waals surface area contributed by atoms with E-state index in [1.54, 1.807) is 25.1 Å². The highest BCUT2D eigenvalue weighted by Gasteiger charge is 2.21. The van der Waals surface area contributed by atoms with E-state index < -0.39 is 15.8 Å². The normalized spacial score (nSPS) is 11.8. The van der Waals surface area contributed by atoms with E-state index in [0.717, 1.165) is 0 Å². The number of anilines is 1. The van der Waals surface area contributed by atoms with Crippen molar-refractivity contribution < 1.29 is 12.8 Å². The van der Waals surface area contributed by atoms with Crippen molar-refractivity contribution in [1.29, 1.82) is 0 Å². The summed E-state index contributed by atoms with van der Waals surface area (Å²) in [5, 5.41) is 0.465. The van der Waals surface area contributed by atoms with Gasteiger partial charge in [-0.15, -0.1) is 0 Å². The molecule has 0 unspecified atom stereocenters. The Bertz CT molecular complexity index is 1070. The lowest BCUT2D eigenvalue weighted by atomic mass is 10.2. The number of benzene rings is 2. The van der Waals surface area contributed by atoms with Gasteiger partial charge in [0, 0.05) is 11.1 Å². The fourth-order valence-electron chi connectivity index (χ4n) is 2.10. The molecule has 0 aliphatic carbocycles. The first kappa shape index (κ1) is 15.9. The van der Waals surface area contributed by atoms with Crippen molar-refractivity contribution in [1.82, 2.24) is 4.98 Å². The molecule has 0 atom stereocenters. The third-order valence-corrected chi connectivity index (χ3v) is 5.26. The maximum absolute atomic E-state index is 12.6. The zero-order chi connectivity index (χ0) is 16.8. The first-order valence-electron chi connectivity index (χ1n) is 6.37. The predicted octanol–water partition coefficient (Wildman–Crippen LogP) is 3.54. The Kier molecular flexibility index (Phi) is 3.87. The van der Waals surface area contributed by atoms with Crippen molar-refractivity contribution >= 4 is 50.0 Å². The molecule has 1 aromatic heterocycles. The number of oxazole rings is 1. The number of fused-ring (bicyclic) bond motifs is 1. The molecule has 3 aromatic rings. The first-order chi connectivity index (χ1) is 10.8. The molecule has 6 nitrogen and oxygen atoms in total. The number of aromatic amines is 1. The second-order valence-corrected chi connectivity index (χ2v) is 7.35. The van der Waals surface area contributed by atoms with Crippen molar-refractivity contribution in [2.75, 3.05) is 4.72 Å². The van der Waals surface area contributed by atoms with Crippen LogP contribution < -0.4 is 10.5 Å². The lowest BCUT2D eigenvalue weighted by Gasteiger charge is -2.11. The minimum absolute atomic E-state index is 0.0336. The van der Waals surface area contributed by atoms with Crippen molar-refractivity contribution in [3.8, 4) is 0 Å². The fraction of sp³-hybridized carbons (Fsp3) is 0.0714. The highest BCUT2D eigenvalue weighted by atomic mass is 35.5. The molecule has 2 N–H and O–H groups in total. The smallest absolute Gasteiger partial charge is 0.408 e. The van der Waals surface area contributed by atoms with E-state index in [1.807, 2.05) is 0 Å². The standard InChI is InChI=1S/C14H10Cl2N2O4S/c1-7-4-8(15)2-3-10(7)18-23(20,21)13-6-12-11(5-9(13)16)17-14(19)22-12/h2-6,18H,1H3,(H,17,19). The number of sulfonamides is 1. The molecule has 3 rings (SSSR count). The van der Waals surface area contributed by atoms with Gasteiger partial charge in [-0.1, -0.05) is 23.2 Å². The van der Waals surface area contributed by atoms with E-state index in [2.05, 4.69) is 9.71 Å². The Morgan fingerprint density at radius 3 is 2.61 bits per heavy atom. The highest BCUT2D eigenvalue weighted by molar-refractivity contribution is 7.92. The van der Waals surface area contributed by atoms with E-state index in [9.17, 15) is 13.2 Å². The van der Waals surface area contributed by atoms with Crippen molar-refractivity contribution in [3.05, 3.63) is 56.5 Å². The molecule has 23 heavy (non-hydrogen) atoms. The molecule has 9 heteroatoms. The molecule has 0 aliphatic heterocycles. The van der Waals surface area contributed by atoms with Crippen LogP contribution in [0.5, 0.6) is 0 Å². The van der Waals surface area contributed by atoms with E-state index >= 15 is 0 Å². The van der Waals surface area contributed by atoms with Gasteiger partial charge < -0.3 is 4.42 Å². The predicted molar refractivity (Wildman–Crippen MR) is 88.8 cm³/mol. The van der Waals surface area contributed by atoms with Crippen LogP contribution >= 0.6 is 23.2 Å². The molecule has 0 fully saturated rings. The highest BCUT2D eigenvalue weighted by Crippen LogP contribution is 2.29. The molecule has 0 saturated heterocycles. The Morgan fingerprint density at radius 1 is 1.17 bits per heavy atom. The fourth-order valence-corrected chi connectivity index (χ4v) is 4.00. The van der Waals surface area contributed by atoms with Crippen molar-refractivity contribution in [3.63, 3.8) is 0 Å². The Morgan fingerprint density at radius 2 is 1.91 bits per heavy atom. The van der Waals surface area contributed by atoms with Gasteiger partial charge in [-0.2, -0.15) is 0 Å². The van der Waals surface area contributed by atoms with Crippen LogP contribution in [0.1, 0.15) is 5.56 Å². The van der Waals surface area contributed by atoms with E-state index in [-0.39, 0.29) is 15.5 Å². The Hall–Kier alpha value is -1.96. The average molecular weight is 373 g/mol. The van der Waals surface area contributed by atoms with Gasteiger partial charge in [0.1, 0.15) is 4.90 Å². The summed E-state index contributed by atoms with van der Waals surface area (Å²) in [6, 6.07) is 7.28. The number of hydrogen-bond donors (Lipinski definition) is 2. The summed E-state index contributed by atoms with van der Waals surface area (Å²) in [6.07, 6.45) is 0. The average Bonchev–Trinajstić information content (AvgIpc) is 2.80. The molecule has 0 saturated carbocycles. The molecule has 0 bridgehead atoms. The summed E-state index contributed by atoms with van der Waals surface area (Å²) in [5.74, 6) is -0.688. The van der Waals surface area contributed by atoms with Gasteiger partial charge in [-0.05, 0) is 36.8 Å². The van der Waals surface area contributed by atoms with E-state index in [0.29, 0.717) is 21.8 Å². The molecule has 0 amide bonds. The van der Waals surface area contributed by atoms with Crippen LogP contribution in [0, 0.1) is 6.92 Å². The second-order valence-electron chi connectivity index (χ2n) is 4.86. The molecule has 1 heterocycles. The van der Waals surface area contributed by atoms with Gasteiger partial charge in [0.15, 0.2) is 5.58 Å². The summed E-state index contributed by atoms with van der Waals surface area (Å²) in [7, 11) is -3.96. The van der Waals surface area contributed by atoms with Crippen LogP contribution in [0.25, 0.3) is 11.1 Å². The molecule has 0 spiro atoms. The monoisotopic (exact) mass is 372 g/mol. The summed E-state index contributed by atoms with van der Waals surface area (Å²) in [6.45, 7) is 1.72. The molecule has 120 valence electrons. The second kappa shape index (κ2) is 5.59. The third kappa shape index (κ3) is 3.08. The van der Waals surface area contributed by atoms with Gasteiger partial charge in [-0.3, -0.25) is 9.71 Å². The Balaban J connectivity index is 2.08. The number of hydrogen-bond acceptors (Lipinski definition) is 4. The van der Waals surface area contributed by atoms with Crippen LogP contribution in [0.3, 0.4) is 0 Å². The van der Waals surface area contributed by atoms with Gasteiger partial charge in [0.2, 0.25) is 0 Å². The largest absolute Gasteiger partial charge is 0.417 e. The minimum Gasteiger partial charge on any atom is -0.408 e. The van der Waals surface area contributed by atoms with Gasteiger partial charge in [0.25, 0.3) is 10.0 Å². The first-order valence-corrected chi connectivity index (χ1v) is 8.61. The summed E-state index contributed by atoms with van der Waals surface area (Å²) >= 11 is 11.9. The quantitative estimate of drug-likeness (QED) is 0.735. The molecule has 0 radical (unpaired) electrons. The molecule has 2 aromatic carbocycles. The van der Waals surface area contributed by atoms with Crippen LogP contribution in [0.4, 0.5) is 5.69 Å². The molecule has 0 aliphatic rings. The van der Waals surface area contributed by atoms with Gasteiger partial charge >= 0.3 is 5.76 Å². The number of aryl methyl sites for hydroxylation is 1. The van der Waals surface area contributed by atoms with Crippen LogP contribution in [-0.2, 0) is 10.0 Å². The van der Waals surface area contributed by atoms with Crippen LogP contribution in [0.2, 0.25) is 10.0 Å². The molecular weight excluding hydrogens is 363 g/mol. The number of H-pyrrole nitrogens is 1. The third-order valence-electron chi connectivity index (χ3n) is 3.20. The lowest BCUT2D eigenvalue weighted by molar-refractivity contribution is 0.554. The SMILES string of the molecule is Cc1cc(Cl)ccc1NS(=O)(=O)c1cc2oc(=O)[nH]c2cc1Cl. The molecular formula is C14H10Cl2N2O4S. The number of aromatic nitrogens is 1. The summed E-state index contributed by atoms with van der Waals surface area (Å²) in [4.78, 5) is 13.4. The van der Waals surface area contributed by atoms with E-state index in [1.165, 1.54) is 12.1 Å². The maximum Gasteiger partial charge on any atom is 0.417 e. The number of rotatable bonds is 3. The minimum atomic E-state index is -3.96. The summed E-state index contributed by atoms with van der Waals surface area (Å²) < 4.78 is 32.4. The van der Waals surface area contributed by atoms with Gasteiger partial charge in [-0.25, -0.2) is 13.2 Å². The number of nitrogens with one attached hydrogen (secondary N) is 2. The van der Waals surface area contributed by atoms with Gasteiger partial charge in [0.05, 0.1) is 16.2 Å². The lowest BCUT2D eigenvalue weighted by Crippen LogP contribution is -2.14. The van der Waals surface area contributed by atoms with Crippen molar-refractivity contribution in [2.24, 2.45) is 0 Å². The zero-order valence-corrected chi connectivity index (χ0v) is 14.0. The van der Waals surface area contributed by atoms with Crippen LogP contribution in [-0.4, -0.2) is 13.4 Å². The topological polar surface area (TPSA) is 92.2 Å². The van der Waals surface area contributed by atoms with E-state index in [4.69, 9.17) is 27.6 Å². The number of halogens is 2.